The van der Waals surface area contributed by atoms with Crippen molar-refractivity contribution in [2.45, 2.75) is 0 Å². The number of rotatable bonds is 3. The second-order valence-electron chi connectivity index (χ2n) is 11.9. The Morgan fingerprint density at radius 1 is 0.383 bits per heavy atom. The van der Waals surface area contributed by atoms with Gasteiger partial charge in [0.25, 0.3) is 0 Å². The fourth-order valence-electron chi connectivity index (χ4n) is 6.78. The third-order valence-electron chi connectivity index (χ3n) is 9.11. The minimum absolute atomic E-state index is 0.585. The molecule has 47 heavy (non-hydrogen) atoms. The Bertz CT molecular complexity index is 2870. The molecule has 3 aromatic heterocycles. The third-order valence-corrected chi connectivity index (χ3v) is 9.11. The van der Waals surface area contributed by atoms with Crippen molar-refractivity contribution in [3.8, 4) is 34.2 Å². The summed E-state index contributed by atoms with van der Waals surface area (Å²) in [4.78, 5) is 20.0. The van der Waals surface area contributed by atoms with Crippen molar-refractivity contribution in [3.63, 3.8) is 0 Å². The molecule has 0 fully saturated rings. The molecule has 5 heteroatoms. The number of para-hydroxylation sites is 1. The zero-order chi connectivity index (χ0) is 30.9. The number of furan rings is 1. The first kappa shape index (κ1) is 25.8. The Morgan fingerprint density at radius 2 is 0.979 bits per heavy atom. The summed E-state index contributed by atoms with van der Waals surface area (Å²) in [5, 5.41) is 10.2. The van der Waals surface area contributed by atoms with Crippen molar-refractivity contribution < 1.29 is 4.42 Å². The average molecular weight is 601 g/mol. The maximum atomic E-state index is 6.24. The van der Waals surface area contributed by atoms with Crippen molar-refractivity contribution in [2.24, 2.45) is 0 Å². The summed E-state index contributed by atoms with van der Waals surface area (Å²) in [6.45, 7) is 0. The lowest BCUT2D eigenvalue weighted by molar-refractivity contribution is 0.669. The summed E-state index contributed by atoms with van der Waals surface area (Å²) >= 11 is 0. The third kappa shape index (κ3) is 4.17. The Kier molecular flexibility index (Phi) is 5.51. The molecule has 10 aromatic rings. The van der Waals surface area contributed by atoms with Crippen molar-refractivity contribution >= 4 is 65.2 Å². The van der Waals surface area contributed by atoms with Crippen molar-refractivity contribution in [1.82, 2.24) is 19.9 Å². The highest BCUT2D eigenvalue weighted by atomic mass is 16.3. The predicted octanol–water partition coefficient (Wildman–Crippen LogP) is 10.8. The Balaban J connectivity index is 1.21. The van der Waals surface area contributed by atoms with Gasteiger partial charge < -0.3 is 4.42 Å². The van der Waals surface area contributed by atoms with Crippen LogP contribution in [0.5, 0.6) is 0 Å². The molecule has 0 bridgehead atoms. The minimum Gasteiger partial charge on any atom is -0.456 e. The molecule has 5 nitrogen and oxygen atoms in total. The van der Waals surface area contributed by atoms with E-state index in [1.165, 1.54) is 21.5 Å². The van der Waals surface area contributed by atoms with Gasteiger partial charge in [-0.25, -0.2) is 15.0 Å². The van der Waals surface area contributed by atoms with Gasteiger partial charge in [-0.3, -0.25) is 4.98 Å². The van der Waals surface area contributed by atoms with Crippen LogP contribution < -0.4 is 0 Å². The molecule has 7 aromatic carbocycles. The van der Waals surface area contributed by atoms with Crippen LogP contribution in [0.1, 0.15) is 0 Å². The van der Waals surface area contributed by atoms with E-state index in [0.717, 1.165) is 60.3 Å². The van der Waals surface area contributed by atoms with E-state index >= 15 is 0 Å². The van der Waals surface area contributed by atoms with E-state index in [1.807, 2.05) is 30.5 Å². The van der Waals surface area contributed by atoms with Crippen LogP contribution in [0.2, 0.25) is 0 Å². The van der Waals surface area contributed by atoms with Crippen molar-refractivity contribution in [2.75, 3.05) is 0 Å². The molecule has 0 aliphatic carbocycles. The van der Waals surface area contributed by atoms with Crippen molar-refractivity contribution in [3.05, 3.63) is 146 Å². The summed E-state index contributed by atoms with van der Waals surface area (Å²) in [5.74, 6) is 1.80. The minimum atomic E-state index is 0.585. The van der Waals surface area contributed by atoms with Crippen LogP contribution in [0.3, 0.4) is 0 Å². The number of benzene rings is 7. The highest BCUT2D eigenvalue weighted by molar-refractivity contribution is 6.19. The molecular weight excluding hydrogens is 576 g/mol. The molecule has 0 aliphatic heterocycles. The molecule has 0 aliphatic rings. The van der Waals surface area contributed by atoms with Gasteiger partial charge in [-0.1, -0.05) is 97.1 Å². The van der Waals surface area contributed by atoms with E-state index < -0.39 is 0 Å². The monoisotopic (exact) mass is 600 g/mol. The molecule has 3 heterocycles. The fraction of sp³-hybridized carbons (Fsp3) is 0. The molecule has 0 spiro atoms. The Hall–Kier alpha value is -6.46. The number of hydrogen-bond donors (Lipinski definition) is 0. The van der Waals surface area contributed by atoms with Gasteiger partial charge in [0.1, 0.15) is 11.2 Å². The fourth-order valence-corrected chi connectivity index (χ4v) is 6.78. The quantitative estimate of drug-likeness (QED) is 0.189. The van der Waals surface area contributed by atoms with E-state index in [-0.39, 0.29) is 0 Å². The van der Waals surface area contributed by atoms with Gasteiger partial charge in [0.05, 0.1) is 5.52 Å². The van der Waals surface area contributed by atoms with Crippen molar-refractivity contribution in [1.29, 1.82) is 0 Å². The molecule has 0 saturated carbocycles. The second-order valence-corrected chi connectivity index (χ2v) is 11.9. The van der Waals surface area contributed by atoms with Crippen LogP contribution in [-0.2, 0) is 0 Å². The summed E-state index contributed by atoms with van der Waals surface area (Å²) in [7, 11) is 0. The van der Waals surface area contributed by atoms with Crippen LogP contribution in [0.15, 0.2) is 150 Å². The standard InChI is InChI=1S/C42H24N4O/c1-2-9-27-21-28(15-13-25(27)7-1)40-44-41(46-42(45-40)30-17-19-34-33-11-5-6-12-37(33)47-38(34)23-30)29-18-20-36-35(22-29)39-31(24-43-36)16-14-26-8-3-4-10-32(26)39/h1-24H. The molecule has 0 amide bonds. The van der Waals surface area contributed by atoms with Gasteiger partial charge in [0.2, 0.25) is 0 Å². The lowest BCUT2D eigenvalue weighted by Crippen LogP contribution is -2.00. The predicted molar refractivity (Wildman–Crippen MR) is 191 cm³/mol. The van der Waals surface area contributed by atoms with E-state index in [0.29, 0.717) is 17.5 Å². The highest BCUT2D eigenvalue weighted by Gasteiger charge is 2.16. The number of hydrogen-bond acceptors (Lipinski definition) is 5. The largest absolute Gasteiger partial charge is 0.456 e. The zero-order valence-corrected chi connectivity index (χ0v) is 25.1. The SMILES string of the molecule is c1ccc2cc(-c3nc(-c4ccc5c(c4)oc4ccccc45)nc(-c4ccc5ncc6ccc7ccccc7c6c5c4)n3)ccc2c1. The first-order valence-corrected chi connectivity index (χ1v) is 15.6. The molecule has 0 radical (unpaired) electrons. The maximum absolute atomic E-state index is 6.24. The summed E-state index contributed by atoms with van der Waals surface area (Å²) in [6, 6.07) is 48.0. The topological polar surface area (TPSA) is 64.7 Å². The van der Waals surface area contributed by atoms with E-state index in [2.05, 4.69) is 115 Å². The van der Waals surface area contributed by atoms with E-state index in [4.69, 9.17) is 24.4 Å². The Labute approximate surface area is 268 Å². The van der Waals surface area contributed by atoms with Crippen LogP contribution in [0.25, 0.3) is 99.3 Å². The maximum Gasteiger partial charge on any atom is 0.164 e. The number of aromatic nitrogens is 4. The van der Waals surface area contributed by atoms with Gasteiger partial charge in [-0.2, -0.15) is 0 Å². The molecule has 0 N–H and O–H groups in total. The number of fused-ring (bicyclic) bond motifs is 9. The molecular formula is C42H24N4O. The number of pyridine rings is 1. The van der Waals surface area contributed by atoms with Gasteiger partial charge in [-0.15, -0.1) is 0 Å². The molecule has 10 rings (SSSR count). The van der Waals surface area contributed by atoms with Gasteiger partial charge >= 0.3 is 0 Å². The molecule has 0 saturated heterocycles. The smallest absolute Gasteiger partial charge is 0.164 e. The highest BCUT2D eigenvalue weighted by Crippen LogP contribution is 2.35. The summed E-state index contributed by atoms with van der Waals surface area (Å²) < 4.78 is 6.24. The normalized spacial score (nSPS) is 11.8. The first-order chi connectivity index (χ1) is 23.2. The van der Waals surface area contributed by atoms with Gasteiger partial charge in [-0.05, 0) is 64.0 Å². The van der Waals surface area contributed by atoms with Crippen LogP contribution in [-0.4, -0.2) is 19.9 Å². The molecule has 218 valence electrons. The average Bonchev–Trinajstić information content (AvgIpc) is 3.52. The van der Waals surface area contributed by atoms with Crippen LogP contribution >= 0.6 is 0 Å². The molecule has 0 unspecified atom stereocenters. The summed E-state index contributed by atoms with van der Waals surface area (Å²) in [5.41, 5.74) is 5.27. The number of nitrogens with zero attached hydrogens (tertiary/aromatic N) is 4. The van der Waals surface area contributed by atoms with Crippen LogP contribution in [0.4, 0.5) is 0 Å². The lowest BCUT2D eigenvalue weighted by Gasteiger charge is -2.11. The van der Waals surface area contributed by atoms with E-state index in [9.17, 15) is 0 Å². The van der Waals surface area contributed by atoms with Crippen LogP contribution in [0, 0.1) is 0 Å². The zero-order valence-electron chi connectivity index (χ0n) is 25.1. The van der Waals surface area contributed by atoms with Gasteiger partial charge in [0.15, 0.2) is 17.5 Å². The molecule has 0 atom stereocenters. The Morgan fingerprint density at radius 3 is 1.83 bits per heavy atom. The lowest BCUT2D eigenvalue weighted by atomic mass is 9.98. The first-order valence-electron chi connectivity index (χ1n) is 15.6. The summed E-state index contributed by atoms with van der Waals surface area (Å²) in [6.07, 6.45) is 1.96. The van der Waals surface area contributed by atoms with E-state index in [1.54, 1.807) is 0 Å². The second kappa shape index (κ2) is 10.0. The van der Waals surface area contributed by atoms with Gasteiger partial charge in [0, 0.05) is 49.8 Å².